The minimum atomic E-state index is -0.0662. The molecule has 0 bridgehead atoms. The lowest BCUT2D eigenvalue weighted by atomic mass is 10.1. The highest BCUT2D eigenvalue weighted by atomic mass is 32.1. The van der Waals surface area contributed by atoms with E-state index in [2.05, 4.69) is 32.7 Å². The Morgan fingerprint density at radius 3 is 2.82 bits per heavy atom. The SMILES string of the molecule is COc1ccc2cc(C(=O)NCC(c3cccs3)N3CCCC3)c(C)nc2c1. The number of benzene rings is 1. The number of hydrogen-bond donors (Lipinski definition) is 1. The molecule has 28 heavy (non-hydrogen) atoms. The maximum Gasteiger partial charge on any atom is 0.253 e. The number of methoxy groups -OCH3 is 1. The smallest absolute Gasteiger partial charge is 0.253 e. The molecule has 2 aromatic heterocycles. The van der Waals surface area contributed by atoms with Gasteiger partial charge in [-0.2, -0.15) is 0 Å². The number of rotatable bonds is 6. The molecule has 3 heterocycles. The molecule has 1 atom stereocenters. The van der Waals surface area contributed by atoms with Gasteiger partial charge in [0, 0.05) is 22.9 Å². The molecule has 3 aromatic rings. The second kappa shape index (κ2) is 8.29. The molecule has 146 valence electrons. The molecule has 4 rings (SSSR count). The Labute approximate surface area is 169 Å². The Hall–Kier alpha value is -2.44. The van der Waals surface area contributed by atoms with E-state index in [0.717, 1.165) is 35.4 Å². The summed E-state index contributed by atoms with van der Waals surface area (Å²) in [6.07, 6.45) is 2.46. The first-order valence-electron chi connectivity index (χ1n) is 9.67. The van der Waals surface area contributed by atoms with Crippen molar-refractivity contribution in [3.05, 3.63) is 57.9 Å². The Morgan fingerprint density at radius 2 is 2.11 bits per heavy atom. The molecule has 1 amide bonds. The first-order valence-corrected chi connectivity index (χ1v) is 10.5. The summed E-state index contributed by atoms with van der Waals surface area (Å²) in [5.41, 5.74) is 2.19. The number of thiophene rings is 1. The Bertz CT molecular complexity index is 965. The predicted molar refractivity (Wildman–Crippen MR) is 113 cm³/mol. The number of nitrogens with zero attached hydrogens (tertiary/aromatic N) is 2. The summed E-state index contributed by atoms with van der Waals surface area (Å²) in [4.78, 5) is 21.3. The Balaban J connectivity index is 1.53. The third-order valence-electron chi connectivity index (χ3n) is 5.37. The minimum Gasteiger partial charge on any atom is -0.497 e. The van der Waals surface area contributed by atoms with Gasteiger partial charge in [-0.05, 0) is 62.5 Å². The summed E-state index contributed by atoms with van der Waals surface area (Å²) < 4.78 is 5.27. The van der Waals surface area contributed by atoms with Crippen molar-refractivity contribution < 1.29 is 9.53 Å². The van der Waals surface area contributed by atoms with Gasteiger partial charge in [0.15, 0.2) is 0 Å². The van der Waals surface area contributed by atoms with Crippen molar-refractivity contribution in [2.45, 2.75) is 25.8 Å². The zero-order chi connectivity index (χ0) is 19.5. The molecule has 1 unspecified atom stereocenters. The molecule has 1 aliphatic heterocycles. The van der Waals surface area contributed by atoms with E-state index in [-0.39, 0.29) is 11.9 Å². The zero-order valence-electron chi connectivity index (χ0n) is 16.3. The van der Waals surface area contributed by atoms with Gasteiger partial charge < -0.3 is 10.1 Å². The van der Waals surface area contributed by atoms with Gasteiger partial charge in [0.2, 0.25) is 0 Å². The van der Waals surface area contributed by atoms with Crippen LogP contribution in [-0.4, -0.2) is 42.5 Å². The van der Waals surface area contributed by atoms with Gasteiger partial charge in [-0.15, -0.1) is 11.3 Å². The van der Waals surface area contributed by atoms with Crippen molar-refractivity contribution in [3.63, 3.8) is 0 Å². The van der Waals surface area contributed by atoms with Crippen LogP contribution in [0.2, 0.25) is 0 Å². The fourth-order valence-electron chi connectivity index (χ4n) is 3.83. The number of aromatic nitrogens is 1. The number of nitrogens with one attached hydrogen (secondary N) is 1. The number of hydrogen-bond acceptors (Lipinski definition) is 5. The standard InChI is InChI=1S/C22H25N3O2S/c1-15-18(12-16-7-8-17(27-2)13-19(16)24-15)22(26)23-14-20(21-6-5-11-28-21)25-9-3-4-10-25/h5-8,11-13,20H,3-4,9-10,14H2,1-2H3,(H,23,26). The molecule has 1 N–H and O–H groups in total. The first kappa shape index (κ1) is 18.9. The maximum atomic E-state index is 12.9. The van der Waals surface area contributed by atoms with Gasteiger partial charge in [-0.1, -0.05) is 6.07 Å². The fourth-order valence-corrected chi connectivity index (χ4v) is 4.69. The maximum absolute atomic E-state index is 12.9. The molecule has 1 fully saturated rings. The third-order valence-corrected chi connectivity index (χ3v) is 6.34. The molecule has 1 saturated heterocycles. The van der Waals surface area contributed by atoms with E-state index >= 15 is 0 Å². The second-order valence-electron chi connectivity index (χ2n) is 7.16. The highest BCUT2D eigenvalue weighted by molar-refractivity contribution is 7.10. The van der Waals surface area contributed by atoms with Crippen molar-refractivity contribution >= 4 is 28.1 Å². The van der Waals surface area contributed by atoms with E-state index in [1.807, 2.05) is 31.2 Å². The van der Waals surface area contributed by atoms with Gasteiger partial charge >= 0.3 is 0 Å². The summed E-state index contributed by atoms with van der Waals surface area (Å²) in [5.74, 6) is 0.699. The van der Waals surface area contributed by atoms with Gasteiger partial charge in [-0.25, -0.2) is 0 Å². The van der Waals surface area contributed by atoms with Gasteiger partial charge in [0.1, 0.15) is 5.75 Å². The van der Waals surface area contributed by atoms with Gasteiger partial charge in [-0.3, -0.25) is 14.7 Å². The number of carbonyl (C=O) groups excluding carboxylic acids is 1. The molecule has 5 nitrogen and oxygen atoms in total. The molecule has 0 saturated carbocycles. The van der Waals surface area contributed by atoms with E-state index in [9.17, 15) is 4.79 Å². The summed E-state index contributed by atoms with van der Waals surface area (Å²) in [5, 5.41) is 6.19. The molecule has 6 heteroatoms. The van der Waals surface area contributed by atoms with Crippen LogP contribution in [0.25, 0.3) is 10.9 Å². The van der Waals surface area contributed by atoms with E-state index < -0.39 is 0 Å². The van der Waals surface area contributed by atoms with E-state index in [1.54, 1.807) is 18.4 Å². The van der Waals surface area contributed by atoms with Crippen LogP contribution in [0.4, 0.5) is 0 Å². The highest BCUT2D eigenvalue weighted by Gasteiger charge is 2.25. The van der Waals surface area contributed by atoms with Gasteiger partial charge in [0.05, 0.1) is 29.9 Å². The number of ether oxygens (including phenoxy) is 1. The van der Waals surface area contributed by atoms with Gasteiger partial charge in [0.25, 0.3) is 5.91 Å². The van der Waals surface area contributed by atoms with Crippen LogP contribution in [0.15, 0.2) is 41.8 Å². The van der Waals surface area contributed by atoms with Crippen molar-refractivity contribution in [1.82, 2.24) is 15.2 Å². The average molecular weight is 396 g/mol. The summed E-state index contributed by atoms with van der Waals surface area (Å²) in [6, 6.07) is 12.1. The van der Waals surface area contributed by atoms with E-state index in [4.69, 9.17) is 4.74 Å². The second-order valence-corrected chi connectivity index (χ2v) is 8.14. The normalized spacial score (nSPS) is 15.6. The molecule has 1 aromatic carbocycles. The largest absolute Gasteiger partial charge is 0.497 e. The number of likely N-dealkylation sites (tertiary alicyclic amines) is 1. The third kappa shape index (κ3) is 3.88. The van der Waals surface area contributed by atoms with Crippen molar-refractivity contribution in [3.8, 4) is 5.75 Å². The number of amides is 1. The van der Waals surface area contributed by atoms with Crippen molar-refractivity contribution in [1.29, 1.82) is 0 Å². The molecule has 0 spiro atoms. The number of pyridine rings is 1. The van der Waals surface area contributed by atoms with Crippen LogP contribution in [0.1, 0.15) is 39.8 Å². The lowest BCUT2D eigenvalue weighted by Gasteiger charge is -2.27. The summed E-state index contributed by atoms with van der Waals surface area (Å²) >= 11 is 1.76. The molecular weight excluding hydrogens is 370 g/mol. The number of aryl methyl sites for hydroxylation is 1. The molecule has 1 aliphatic rings. The fraction of sp³-hybridized carbons (Fsp3) is 0.364. The minimum absolute atomic E-state index is 0.0662. The van der Waals surface area contributed by atoms with E-state index in [0.29, 0.717) is 12.1 Å². The summed E-state index contributed by atoms with van der Waals surface area (Å²) in [6.45, 7) is 4.68. The van der Waals surface area contributed by atoms with Crippen LogP contribution in [-0.2, 0) is 0 Å². The Morgan fingerprint density at radius 1 is 1.29 bits per heavy atom. The number of fused-ring (bicyclic) bond motifs is 1. The van der Waals surface area contributed by atoms with Crippen LogP contribution < -0.4 is 10.1 Å². The van der Waals surface area contributed by atoms with Crippen molar-refractivity contribution in [2.75, 3.05) is 26.7 Å². The molecular formula is C22H25N3O2S. The van der Waals surface area contributed by atoms with E-state index in [1.165, 1.54) is 17.7 Å². The lowest BCUT2D eigenvalue weighted by Crippen LogP contribution is -2.36. The highest BCUT2D eigenvalue weighted by Crippen LogP contribution is 2.28. The molecule has 0 aliphatic carbocycles. The van der Waals surface area contributed by atoms with Crippen LogP contribution >= 0.6 is 11.3 Å². The monoisotopic (exact) mass is 395 g/mol. The zero-order valence-corrected chi connectivity index (χ0v) is 17.1. The van der Waals surface area contributed by atoms with Crippen LogP contribution in [0.3, 0.4) is 0 Å². The van der Waals surface area contributed by atoms with Crippen LogP contribution in [0, 0.1) is 6.92 Å². The topological polar surface area (TPSA) is 54.5 Å². The quantitative estimate of drug-likeness (QED) is 0.680. The van der Waals surface area contributed by atoms with Crippen LogP contribution in [0.5, 0.6) is 5.75 Å². The lowest BCUT2D eigenvalue weighted by molar-refractivity contribution is 0.0937. The molecule has 0 radical (unpaired) electrons. The predicted octanol–water partition coefficient (Wildman–Crippen LogP) is 4.18. The number of carbonyl (C=O) groups is 1. The Kier molecular flexibility index (Phi) is 5.59. The average Bonchev–Trinajstić information content (AvgIpc) is 3.41. The first-order chi connectivity index (χ1) is 13.7. The van der Waals surface area contributed by atoms with Crippen molar-refractivity contribution in [2.24, 2.45) is 0 Å². The summed E-state index contributed by atoms with van der Waals surface area (Å²) in [7, 11) is 1.64.